The highest BCUT2D eigenvalue weighted by atomic mass is 28.3. The Bertz CT molecular complexity index is 1230. The molecule has 5 rings (SSSR count). The summed E-state index contributed by atoms with van der Waals surface area (Å²) < 4.78 is 0. The molecule has 1 heterocycles. The normalized spacial score (nSPS) is 15.8. The zero-order chi connectivity index (χ0) is 18.4. The van der Waals surface area contributed by atoms with Gasteiger partial charge in [0.05, 0.1) is 0 Å². The highest BCUT2D eigenvalue weighted by molar-refractivity contribution is 7.00. The number of fused-ring (bicyclic) bond motifs is 2. The molecule has 27 heavy (non-hydrogen) atoms. The van der Waals surface area contributed by atoms with Gasteiger partial charge in [-0.25, -0.2) is 0 Å². The highest BCUT2D eigenvalue weighted by Crippen LogP contribution is 2.41. The number of hydrogen-bond acceptors (Lipinski definition) is 0. The lowest BCUT2D eigenvalue weighted by atomic mass is 9.98. The largest absolute Gasteiger partial charge is 0.105 e. The van der Waals surface area contributed by atoms with Crippen molar-refractivity contribution in [1.29, 1.82) is 0 Å². The molecule has 0 N–H and O–H groups in total. The Morgan fingerprint density at radius 3 is 1.74 bits per heavy atom. The second kappa shape index (κ2) is 6.07. The Hall–Kier alpha value is -2.90. The minimum absolute atomic E-state index is 1.31. The minimum Gasteiger partial charge on any atom is -0.0824 e. The van der Waals surface area contributed by atoms with Gasteiger partial charge in [0.2, 0.25) is 0 Å². The van der Waals surface area contributed by atoms with Crippen molar-refractivity contribution in [3.63, 3.8) is 0 Å². The van der Waals surface area contributed by atoms with Gasteiger partial charge < -0.3 is 0 Å². The molecule has 0 aromatic heterocycles. The maximum absolute atomic E-state index is 2.56. The molecule has 4 aromatic carbocycles. The molecular formula is C26H22Si. The van der Waals surface area contributed by atoms with Gasteiger partial charge in [-0.15, -0.1) is 0 Å². The summed E-state index contributed by atoms with van der Waals surface area (Å²) in [4.78, 5) is 0. The molecule has 0 nitrogen and oxygen atoms in total. The molecule has 0 radical (unpaired) electrons. The lowest BCUT2D eigenvalue weighted by molar-refractivity contribution is 1.68. The number of benzene rings is 4. The molecule has 1 heteroatoms. The Morgan fingerprint density at radius 1 is 0.556 bits per heavy atom. The van der Waals surface area contributed by atoms with Crippen LogP contribution in [-0.2, 0) is 0 Å². The van der Waals surface area contributed by atoms with E-state index in [1.54, 1.807) is 0 Å². The fourth-order valence-corrected chi connectivity index (χ4v) is 6.98. The van der Waals surface area contributed by atoms with Gasteiger partial charge in [-0.3, -0.25) is 0 Å². The number of allylic oxidation sites excluding steroid dienone is 2. The van der Waals surface area contributed by atoms with E-state index in [2.05, 4.69) is 110 Å². The average molecular weight is 363 g/mol. The molecule has 0 spiro atoms. The smallest absolute Gasteiger partial charge is 0.0824 e. The van der Waals surface area contributed by atoms with Crippen molar-refractivity contribution in [3.05, 3.63) is 108 Å². The zero-order valence-corrected chi connectivity index (χ0v) is 16.7. The standard InChI is InChI=1S/C26H22Si/c1-27(2)18-21(24-15-7-11-19-9-3-5-13-22(19)24)17-26(27)25-16-8-12-20-10-4-6-14-23(20)25/h3-18H,1-2H3. The van der Waals surface area contributed by atoms with Crippen molar-refractivity contribution in [2.45, 2.75) is 13.1 Å². The van der Waals surface area contributed by atoms with Gasteiger partial charge >= 0.3 is 0 Å². The molecule has 0 unspecified atom stereocenters. The summed E-state index contributed by atoms with van der Waals surface area (Å²) in [6, 6.07) is 30.8. The first kappa shape index (κ1) is 16.3. The topological polar surface area (TPSA) is 0 Å². The number of rotatable bonds is 2. The molecule has 0 bridgehead atoms. The first-order valence-corrected chi connectivity index (χ1v) is 12.6. The van der Waals surface area contributed by atoms with Crippen molar-refractivity contribution < 1.29 is 0 Å². The van der Waals surface area contributed by atoms with E-state index in [1.165, 1.54) is 43.4 Å². The second-order valence-electron chi connectivity index (χ2n) is 7.93. The van der Waals surface area contributed by atoms with Crippen LogP contribution in [0.1, 0.15) is 11.1 Å². The molecule has 0 atom stereocenters. The Kier molecular flexibility index (Phi) is 3.66. The quantitative estimate of drug-likeness (QED) is 0.329. The van der Waals surface area contributed by atoms with Crippen LogP contribution in [0.25, 0.3) is 32.3 Å². The van der Waals surface area contributed by atoms with Crippen molar-refractivity contribution in [1.82, 2.24) is 0 Å². The average Bonchev–Trinajstić information content (AvgIpc) is 3.02. The van der Waals surface area contributed by atoms with Crippen LogP contribution in [0.4, 0.5) is 0 Å². The Morgan fingerprint density at radius 2 is 1.07 bits per heavy atom. The summed E-state index contributed by atoms with van der Waals surface area (Å²) in [5.74, 6) is 0. The van der Waals surface area contributed by atoms with E-state index in [-0.39, 0.29) is 0 Å². The molecule has 0 saturated carbocycles. The monoisotopic (exact) mass is 362 g/mol. The third-order valence-electron chi connectivity index (χ3n) is 5.69. The van der Waals surface area contributed by atoms with Crippen LogP contribution in [0.15, 0.2) is 96.7 Å². The Labute approximate surface area is 161 Å². The molecule has 0 amide bonds. The van der Waals surface area contributed by atoms with Crippen LogP contribution < -0.4 is 0 Å². The van der Waals surface area contributed by atoms with Crippen LogP contribution >= 0.6 is 0 Å². The lowest BCUT2D eigenvalue weighted by Crippen LogP contribution is -2.23. The van der Waals surface area contributed by atoms with Gasteiger partial charge in [0.25, 0.3) is 0 Å². The van der Waals surface area contributed by atoms with Gasteiger partial charge in [0, 0.05) is 0 Å². The van der Waals surface area contributed by atoms with E-state index in [0.717, 1.165) is 0 Å². The van der Waals surface area contributed by atoms with E-state index in [4.69, 9.17) is 0 Å². The van der Waals surface area contributed by atoms with E-state index < -0.39 is 8.07 Å². The summed E-state index contributed by atoms with van der Waals surface area (Å²) in [5.41, 5.74) is 6.69. The molecule has 0 saturated heterocycles. The predicted octanol–water partition coefficient (Wildman–Crippen LogP) is 7.26. The molecule has 1 aliphatic rings. The van der Waals surface area contributed by atoms with Crippen LogP contribution in [0.5, 0.6) is 0 Å². The Balaban J connectivity index is 1.72. The first-order chi connectivity index (χ1) is 13.1. The predicted molar refractivity (Wildman–Crippen MR) is 121 cm³/mol. The van der Waals surface area contributed by atoms with E-state index in [0.29, 0.717) is 0 Å². The molecule has 0 aliphatic carbocycles. The van der Waals surface area contributed by atoms with Crippen molar-refractivity contribution in [2.24, 2.45) is 0 Å². The molecule has 130 valence electrons. The van der Waals surface area contributed by atoms with Crippen molar-refractivity contribution in [3.8, 4) is 0 Å². The summed E-state index contributed by atoms with van der Waals surface area (Å²) in [6.07, 6.45) is 2.45. The summed E-state index contributed by atoms with van der Waals surface area (Å²) in [5, 5.41) is 6.86. The van der Waals surface area contributed by atoms with Crippen LogP contribution in [-0.4, -0.2) is 8.07 Å². The van der Waals surface area contributed by atoms with E-state index >= 15 is 0 Å². The summed E-state index contributed by atoms with van der Waals surface area (Å²) >= 11 is 0. The first-order valence-electron chi connectivity index (χ1n) is 9.55. The minimum atomic E-state index is -1.66. The van der Waals surface area contributed by atoms with Gasteiger partial charge in [0.15, 0.2) is 0 Å². The molecule has 4 aromatic rings. The SMILES string of the molecule is C[Si]1(C)C=C(c2cccc3ccccc23)C=C1c1cccc2ccccc12. The van der Waals surface area contributed by atoms with Gasteiger partial charge in [-0.2, -0.15) is 0 Å². The van der Waals surface area contributed by atoms with Gasteiger partial charge in [-0.1, -0.05) is 110 Å². The van der Waals surface area contributed by atoms with Gasteiger partial charge in [0.1, 0.15) is 8.07 Å². The fraction of sp³-hybridized carbons (Fsp3) is 0.0769. The zero-order valence-electron chi connectivity index (χ0n) is 15.7. The van der Waals surface area contributed by atoms with Crippen LogP contribution in [0, 0.1) is 0 Å². The lowest BCUT2D eigenvalue weighted by Gasteiger charge is -2.20. The molecular weight excluding hydrogens is 340 g/mol. The third-order valence-corrected chi connectivity index (χ3v) is 8.53. The highest BCUT2D eigenvalue weighted by Gasteiger charge is 2.31. The van der Waals surface area contributed by atoms with Crippen LogP contribution in [0.2, 0.25) is 13.1 Å². The van der Waals surface area contributed by atoms with Crippen molar-refractivity contribution in [2.75, 3.05) is 0 Å². The number of hydrogen-bond donors (Lipinski definition) is 0. The molecule has 0 fully saturated rings. The van der Waals surface area contributed by atoms with Crippen LogP contribution in [0.3, 0.4) is 0 Å². The third kappa shape index (κ3) is 2.67. The van der Waals surface area contributed by atoms with Crippen molar-refractivity contribution >= 4 is 40.4 Å². The maximum atomic E-state index is 2.56. The van der Waals surface area contributed by atoms with Gasteiger partial charge in [-0.05, 0) is 43.4 Å². The molecule has 1 aliphatic heterocycles. The van der Waals surface area contributed by atoms with E-state index in [1.807, 2.05) is 0 Å². The summed E-state index contributed by atoms with van der Waals surface area (Å²) in [7, 11) is -1.66. The second-order valence-corrected chi connectivity index (χ2v) is 12.2. The summed E-state index contributed by atoms with van der Waals surface area (Å²) in [6.45, 7) is 4.91. The fourth-order valence-electron chi connectivity index (χ4n) is 4.37. The van der Waals surface area contributed by atoms with E-state index in [9.17, 15) is 0 Å². The maximum Gasteiger partial charge on any atom is 0.105 e.